The SMILES string of the molecule is CC(C)CCC[C@@H](C)[C@H]1CCC2C3CC=C4CC(CC=O)(OC(=O)CCCCCCCCC(=O)O)CC[C@]4(C)C3CC[C@@]21C. The number of ether oxygens (including phenoxy) is 1. The lowest BCUT2D eigenvalue weighted by Gasteiger charge is -2.59. The zero-order valence-corrected chi connectivity index (χ0v) is 28.8. The van der Waals surface area contributed by atoms with Crippen molar-refractivity contribution in [2.24, 2.45) is 46.3 Å². The highest BCUT2D eigenvalue weighted by molar-refractivity contribution is 5.70. The van der Waals surface area contributed by atoms with Gasteiger partial charge in [-0.25, -0.2) is 0 Å². The van der Waals surface area contributed by atoms with Crippen molar-refractivity contribution in [1.29, 1.82) is 0 Å². The molecule has 5 nitrogen and oxygen atoms in total. The number of aliphatic carboxylic acids is 1. The fourth-order valence-electron chi connectivity index (χ4n) is 10.7. The monoisotopic (exact) mass is 612 g/mol. The zero-order chi connectivity index (χ0) is 32.0. The van der Waals surface area contributed by atoms with Crippen molar-refractivity contribution in [2.75, 3.05) is 0 Å². The van der Waals surface area contributed by atoms with E-state index in [0.717, 1.165) is 100 Å². The molecule has 0 aromatic heterocycles. The van der Waals surface area contributed by atoms with Gasteiger partial charge in [0.25, 0.3) is 0 Å². The van der Waals surface area contributed by atoms with Gasteiger partial charge in [0.2, 0.25) is 0 Å². The molecule has 4 aliphatic carbocycles. The number of carbonyl (C=O) groups excluding carboxylic acids is 2. The van der Waals surface area contributed by atoms with Crippen molar-refractivity contribution in [3.63, 3.8) is 0 Å². The average molecular weight is 613 g/mol. The van der Waals surface area contributed by atoms with Crippen LogP contribution in [0.1, 0.15) is 163 Å². The summed E-state index contributed by atoms with van der Waals surface area (Å²) in [5.41, 5.74) is 1.41. The first-order valence-electron chi connectivity index (χ1n) is 18.5. The van der Waals surface area contributed by atoms with Gasteiger partial charge in [0, 0.05) is 25.7 Å². The van der Waals surface area contributed by atoms with Gasteiger partial charge in [-0.1, -0.05) is 91.2 Å². The van der Waals surface area contributed by atoms with Crippen LogP contribution in [0.25, 0.3) is 0 Å². The summed E-state index contributed by atoms with van der Waals surface area (Å²) < 4.78 is 6.22. The number of allylic oxidation sites excluding steroid dienone is 1. The van der Waals surface area contributed by atoms with E-state index in [2.05, 4.69) is 40.7 Å². The molecule has 0 aromatic carbocycles. The predicted octanol–water partition coefficient (Wildman–Crippen LogP) is 10.1. The van der Waals surface area contributed by atoms with Gasteiger partial charge in [0.05, 0.1) is 0 Å². The molecule has 4 rings (SSSR count). The first-order valence-corrected chi connectivity index (χ1v) is 18.5. The number of hydrogen-bond acceptors (Lipinski definition) is 4. The molecule has 0 aromatic rings. The van der Waals surface area contributed by atoms with Crippen LogP contribution in [0, 0.1) is 46.3 Å². The van der Waals surface area contributed by atoms with Crippen molar-refractivity contribution in [3.05, 3.63) is 11.6 Å². The first-order chi connectivity index (χ1) is 20.9. The molecule has 4 unspecified atom stereocenters. The summed E-state index contributed by atoms with van der Waals surface area (Å²) in [5.74, 6) is 3.89. The second-order valence-electron chi connectivity index (χ2n) is 16.5. The first kappa shape index (κ1) is 35.2. The van der Waals surface area contributed by atoms with Crippen LogP contribution in [-0.4, -0.2) is 28.9 Å². The topological polar surface area (TPSA) is 80.7 Å². The van der Waals surface area contributed by atoms with E-state index < -0.39 is 11.6 Å². The largest absolute Gasteiger partial charge is 0.481 e. The molecule has 3 fully saturated rings. The fourth-order valence-corrected chi connectivity index (χ4v) is 10.7. The van der Waals surface area contributed by atoms with Crippen molar-refractivity contribution in [2.45, 2.75) is 169 Å². The van der Waals surface area contributed by atoms with Gasteiger partial charge in [-0.2, -0.15) is 0 Å². The fraction of sp³-hybridized carbons (Fsp3) is 0.872. The third-order valence-electron chi connectivity index (χ3n) is 13.2. The van der Waals surface area contributed by atoms with Gasteiger partial charge in [0.1, 0.15) is 11.9 Å². The van der Waals surface area contributed by atoms with E-state index in [-0.39, 0.29) is 17.8 Å². The maximum absolute atomic E-state index is 13.0. The minimum Gasteiger partial charge on any atom is -0.481 e. The second-order valence-corrected chi connectivity index (χ2v) is 16.5. The molecule has 5 heteroatoms. The quantitative estimate of drug-likeness (QED) is 0.0765. The Morgan fingerprint density at radius 1 is 0.909 bits per heavy atom. The van der Waals surface area contributed by atoms with Crippen molar-refractivity contribution >= 4 is 18.2 Å². The van der Waals surface area contributed by atoms with Crippen LogP contribution in [0.3, 0.4) is 0 Å². The van der Waals surface area contributed by atoms with Crippen LogP contribution in [0.4, 0.5) is 0 Å². The lowest BCUT2D eigenvalue weighted by Crippen LogP contribution is -2.53. The molecule has 4 aliphatic rings. The van der Waals surface area contributed by atoms with Gasteiger partial charge >= 0.3 is 11.9 Å². The molecular formula is C39H64O5. The molecule has 0 spiro atoms. The minimum absolute atomic E-state index is 0.157. The van der Waals surface area contributed by atoms with Crippen LogP contribution >= 0.6 is 0 Å². The molecule has 1 N–H and O–H groups in total. The smallest absolute Gasteiger partial charge is 0.306 e. The van der Waals surface area contributed by atoms with E-state index in [1.54, 1.807) is 0 Å². The van der Waals surface area contributed by atoms with Crippen LogP contribution in [-0.2, 0) is 19.1 Å². The van der Waals surface area contributed by atoms with Crippen LogP contribution in [0.15, 0.2) is 11.6 Å². The second kappa shape index (κ2) is 15.3. The number of unbranched alkanes of at least 4 members (excludes halogenated alkanes) is 5. The summed E-state index contributed by atoms with van der Waals surface area (Å²) in [6, 6.07) is 0. The van der Waals surface area contributed by atoms with Crippen LogP contribution in [0.2, 0.25) is 0 Å². The van der Waals surface area contributed by atoms with Crippen LogP contribution < -0.4 is 0 Å². The van der Waals surface area contributed by atoms with E-state index in [0.29, 0.717) is 24.2 Å². The van der Waals surface area contributed by atoms with Gasteiger partial charge in [0.15, 0.2) is 0 Å². The highest BCUT2D eigenvalue weighted by Crippen LogP contribution is 2.68. The Bertz CT molecular complexity index is 1020. The molecule has 8 atom stereocenters. The summed E-state index contributed by atoms with van der Waals surface area (Å²) >= 11 is 0. The molecule has 3 saturated carbocycles. The molecule has 0 saturated heterocycles. The number of fused-ring (bicyclic) bond motifs is 5. The Morgan fingerprint density at radius 3 is 2.30 bits per heavy atom. The van der Waals surface area contributed by atoms with Crippen molar-refractivity contribution in [3.8, 4) is 0 Å². The van der Waals surface area contributed by atoms with Gasteiger partial charge < -0.3 is 14.6 Å². The number of esters is 1. The van der Waals surface area contributed by atoms with E-state index in [9.17, 15) is 14.4 Å². The molecular weight excluding hydrogens is 548 g/mol. The Hall–Kier alpha value is -1.65. The molecule has 44 heavy (non-hydrogen) atoms. The molecule has 0 aliphatic heterocycles. The number of carboxylic acid groups (broad SMARTS) is 1. The number of carboxylic acids is 1. The highest BCUT2D eigenvalue weighted by atomic mass is 16.6. The van der Waals surface area contributed by atoms with E-state index >= 15 is 0 Å². The third kappa shape index (κ3) is 8.00. The van der Waals surface area contributed by atoms with Crippen molar-refractivity contribution in [1.82, 2.24) is 0 Å². The molecule has 250 valence electrons. The number of carbonyl (C=O) groups is 3. The van der Waals surface area contributed by atoms with Gasteiger partial charge in [-0.15, -0.1) is 0 Å². The number of rotatable bonds is 17. The number of hydrogen-bond donors (Lipinski definition) is 1. The number of aldehydes is 1. The Kier molecular flexibility index (Phi) is 12.2. The molecule has 0 amide bonds. The summed E-state index contributed by atoms with van der Waals surface area (Å²) in [7, 11) is 0. The van der Waals surface area contributed by atoms with Gasteiger partial charge in [-0.05, 0) is 104 Å². The third-order valence-corrected chi connectivity index (χ3v) is 13.2. The van der Waals surface area contributed by atoms with Crippen LogP contribution in [0.5, 0.6) is 0 Å². The van der Waals surface area contributed by atoms with E-state index in [1.165, 1.54) is 50.5 Å². The van der Waals surface area contributed by atoms with Gasteiger partial charge in [-0.3, -0.25) is 9.59 Å². The lowest BCUT2D eigenvalue weighted by molar-refractivity contribution is -0.166. The summed E-state index contributed by atoms with van der Waals surface area (Å²) in [5, 5.41) is 8.76. The zero-order valence-electron chi connectivity index (χ0n) is 28.8. The Morgan fingerprint density at radius 2 is 1.61 bits per heavy atom. The summed E-state index contributed by atoms with van der Waals surface area (Å²) in [6.45, 7) is 12.4. The van der Waals surface area contributed by atoms with E-state index in [1.807, 2.05) is 0 Å². The maximum Gasteiger partial charge on any atom is 0.306 e. The molecule has 0 radical (unpaired) electrons. The highest BCUT2D eigenvalue weighted by Gasteiger charge is 2.60. The normalized spacial score (nSPS) is 35.3. The molecule has 0 bridgehead atoms. The Balaban J connectivity index is 1.33. The average Bonchev–Trinajstić information content (AvgIpc) is 3.32. The van der Waals surface area contributed by atoms with Crippen molar-refractivity contribution < 1.29 is 24.2 Å². The predicted molar refractivity (Wildman–Crippen MR) is 177 cm³/mol. The maximum atomic E-state index is 13.0. The Labute approximate surface area is 268 Å². The standard InChI is InChI=1S/C39H64O5/c1-28(2)13-12-14-29(3)32-19-20-33-31-18-17-30-27-39(25-26-40,24-23-37(30,4)34(31)21-22-38(32,33)5)44-36(43)16-11-9-7-6-8-10-15-35(41)42/h17,26,28-29,31-34H,6-16,18-25,27H2,1-5H3,(H,41,42)/t29-,31?,32-,33?,34?,37+,38-,39?/m1/s1. The minimum atomic E-state index is -0.731. The molecule has 0 heterocycles. The summed E-state index contributed by atoms with van der Waals surface area (Å²) in [4.78, 5) is 35.5. The lowest BCUT2D eigenvalue weighted by atomic mass is 9.46. The van der Waals surface area contributed by atoms with E-state index in [4.69, 9.17) is 9.84 Å². The summed E-state index contributed by atoms with van der Waals surface area (Å²) in [6.07, 6.45) is 23.1.